The lowest BCUT2D eigenvalue weighted by atomic mass is 10.0. The molecule has 1 saturated heterocycles. The van der Waals surface area contributed by atoms with E-state index in [-0.39, 0.29) is 23.3 Å². The van der Waals surface area contributed by atoms with Crippen molar-refractivity contribution in [2.45, 2.75) is 166 Å². The highest BCUT2D eigenvalue weighted by Crippen LogP contribution is 2.20. The average molecular weight is 740 g/mol. The minimum absolute atomic E-state index is 0.122. The predicted octanol–water partition coefficient (Wildman–Crippen LogP) is 10.1. The molecule has 3 aromatic rings. The van der Waals surface area contributed by atoms with Crippen molar-refractivity contribution in [3.05, 3.63) is 72.4 Å². The standard InChI is InChI=1S/C36H58NO4.C7H8O3S/c1-2-3-4-5-6-7-8-9-10-11-12-13-14-15-18-27-36-40-31-33(41-36)30-39-35(38)26-17-16-21-28-37-29-22-24-32-23-19-20-25-34(32)37;1-6-2-4-7(5-3-6)11(8,9)10/h19-20,22-25,29,33,36H,2-18,21,26-28,30-31H2,1H3;2-5H,1H3,(H,8,9,10)/q+1;/p-1/t33-,36-;/m0./s1. The highest BCUT2D eigenvalue weighted by Gasteiger charge is 2.26. The van der Waals surface area contributed by atoms with E-state index >= 15 is 0 Å². The summed E-state index contributed by atoms with van der Waals surface area (Å²) >= 11 is 0. The van der Waals surface area contributed by atoms with Gasteiger partial charge >= 0.3 is 5.97 Å². The Balaban J connectivity index is 0.000000564. The van der Waals surface area contributed by atoms with E-state index in [1.807, 2.05) is 6.92 Å². The van der Waals surface area contributed by atoms with Gasteiger partial charge in [-0.15, -0.1) is 0 Å². The van der Waals surface area contributed by atoms with Crippen molar-refractivity contribution in [3.8, 4) is 0 Å². The Morgan fingerprint density at radius 3 is 1.98 bits per heavy atom. The molecule has 0 spiro atoms. The molecule has 2 heterocycles. The van der Waals surface area contributed by atoms with Gasteiger partial charge in [0.05, 0.1) is 11.5 Å². The third-order valence-corrected chi connectivity index (χ3v) is 10.5. The Bertz CT molecular complexity index is 1490. The molecule has 2 aromatic carbocycles. The largest absolute Gasteiger partial charge is 0.744 e. The zero-order valence-corrected chi connectivity index (χ0v) is 32.8. The Morgan fingerprint density at radius 2 is 1.35 bits per heavy atom. The van der Waals surface area contributed by atoms with Gasteiger partial charge in [0.25, 0.3) is 0 Å². The lowest BCUT2D eigenvalue weighted by molar-refractivity contribution is -0.671. The third-order valence-electron chi connectivity index (χ3n) is 9.66. The number of para-hydroxylation sites is 1. The van der Waals surface area contributed by atoms with Crippen LogP contribution >= 0.6 is 0 Å². The molecular weight excluding hydrogens is 675 g/mol. The van der Waals surface area contributed by atoms with Crippen molar-refractivity contribution in [2.24, 2.45) is 0 Å². The van der Waals surface area contributed by atoms with Crippen molar-refractivity contribution >= 4 is 27.0 Å². The van der Waals surface area contributed by atoms with Crippen LogP contribution in [0.15, 0.2) is 71.8 Å². The minimum atomic E-state index is -4.27. The van der Waals surface area contributed by atoms with Gasteiger partial charge in [-0.3, -0.25) is 4.79 Å². The Labute approximate surface area is 314 Å². The topological polar surface area (TPSA) is 106 Å². The van der Waals surface area contributed by atoms with Crippen molar-refractivity contribution in [3.63, 3.8) is 0 Å². The first kappa shape index (κ1) is 43.6. The van der Waals surface area contributed by atoms with Crippen LogP contribution < -0.4 is 4.57 Å². The normalized spacial score (nSPS) is 15.8. The number of esters is 1. The van der Waals surface area contributed by atoms with Crippen molar-refractivity contribution in [1.82, 2.24) is 0 Å². The van der Waals surface area contributed by atoms with Crippen molar-refractivity contribution in [2.75, 3.05) is 13.2 Å². The number of unbranched alkanes of at least 4 members (excludes halogenated alkanes) is 16. The van der Waals surface area contributed by atoms with Gasteiger partial charge in [-0.2, -0.15) is 4.57 Å². The maximum absolute atomic E-state index is 12.2. The number of fused-ring (bicyclic) bond motifs is 1. The van der Waals surface area contributed by atoms with Crippen molar-refractivity contribution < 1.29 is 36.5 Å². The molecular formula is C43H65NO7S. The monoisotopic (exact) mass is 739 g/mol. The Hall–Kier alpha value is -2.85. The SMILES string of the molecule is CCCCCCCCCCCCCCCCC[C@H]1OC[C@H](COC(=O)CCCCC[n+]2cccc3ccccc32)O1.Cc1ccc(S(=O)(=O)[O-])cc1. The van der Waals surface area contributed by atoms with Gasteiger partial charge in [-0.1, -0.05) is 127 Å². The highest BCUT2D eigenvalue weighted by atomic mass is 32.2. The molecule has 0 radical (unpaired) electrons. The molecule has 1 aliphatic rings. The number of hydrogen-bond donors (Lipinski definition) is 0. The third kappa shape index (κ3) is 18.8. The number of benzene rings is 2. The molecule has 9 heteroatoms. The summed E-state index contributed by atoms with van der Waals surface area (Å²) in [6.07, 6.45) is 26.8. The lowest BCUT2D eigenvalue weighted by Crippen LogP contribution is -2.33. The van der Waals surface area contributed by atoms with E-state index in [0.717, 1.165) is 44.2 Å². The van der Waals surface area contributed by atoms with Gasteiger partial charge < -0.3 is 18.8 Å². The second-order valence-corrected chi connectivity index (χ2v) is 15.7. The van der Waals surface area contributed by atoms with E-state index in [1.165, 1.54) is 113 Å². The van der Waals surface area contributed by atoms with Gasteiger partial charge in [0, 0.05) is 30.4 Å². The summed E-state index contributed by atoms with van der Waals surface area (Å²) in [5.41, 5.74) is 2.18. The number of ether oxygens (including phenoxy) is 3. The van der Waals surface area contributed by atoms with Crippen LogP contribution in [0, 0.1) is 6.92 Å². The number of carbonyl (C=O) groups excluding carboxylic acids is 1. The maximum Gasteiger partial charge on any atom is 0.305 e. The summed E-state index contributed by atoms with van der Waals surface area (Å²) in [4.78, 5) is 12.0. The Morgan fingerprint density at radius 1 is 0.769 bits per heavy atom. The van der Waals surface area contributed by atoms with Crippen LogP contribution in [0.3, 0.4) is 0 Å². The van der Waals surface area contributed by atoms with Gasteiger partial charge in [0.2, 0.25) is 5.52 Å². The molecule has 0 aliphatic carbocycles. The summed E-state index contributed by atoms with van der Waals surface area (Å²) in [6, 6.07) is 18.5. The Kier molecular flexibility index (Phi) is 21.8. The number of nitrogens with zero attached hydrogens (tertiary/aromatic N) is 1. The fourth-order valence-corrected chi connectivity index (χ4v) is 7.01. The molecule has 1 aromatic heterocycles. The molecule has 0 N–H and O–H groups in total. The molecule has 290 valence electrons. The first-order chi connectivity index (χ1) is 25.3. The molecule has 0 bridgehead atoms. The van der Waals surface area contributed by atoms with Crippen LogP contribution in [0.2, 0.25) is 0 Å². The number of pyridine rings is 1. The molecule has 0 unspecified atom stereocenters. The molecule has 8 nitrogen and oxygen atoms in total. The number of aryl methyl sites for hydroxylation is 2. The van der Waals surface area contributed by atoms with E-state index in [0.29, 0.717) is 19.6 Å². The van der Waals surface area contributed by atoms with Crippen LogP contribution in [0.5, 0.6) is 0 Å². The van der Waals surface area contributed by atoms with Gasteiger partial charge in [0.1, 0.15) is 29.4 Å². The molecule has 1 aliphatic heterocycles. The summed E-state index contributed by atoms with van der Waals surface area (Å²) in [5.74, 6) is -0.128. The van der Waals surface area contributed by atoms with Crippen LogP contribution in [0.1, 0.15) is 141 Å². The minimum Gasteiger partial charge on any atom is -0.744 e. The van der Waals surface area contributed by atoms with Gasteiger partial charge in [0.15, 0.2) is 12.5 Å². The van der Waals surface area contributed by atoms with E-state index in [4.69, 9.17) is 14.2 Å². The van der Waals surface area contributed by atoms with E-state index in [9.17, 15) is 17.8 Å². The average Bonchev–Trinajstić information content (AvgIpc) is 3.60. The zero-order chi connectivity index (χ0) is 37.3. The smallest absolute Gasteiger partial charge is 0.305 e. The molecule has 0 amide bonds. The summed E-state index contributed by atoms with van der Waals surface area (Å²) in [7, 11) is -4.27. The second kappa shape index (κ2) is 26.0. The fourth-order valence-electron chi connectivity index (χ4n) is 6.54. The van der Waals surface area contributed by atoms with E-state index < -0.39 is 10.1 Å². The van der Waals surface area contributed by atoms with Crippen LogP contribution in [-0.2, 0) is 35.7 Å². The summed E-state index contributed by atoms with van der Waals surface area (Å²) < 4.78 is 50.7. The highest BCUT2D eigenvalue weighted by molar-refractivity contribution is 7.85. The lowest BCUT2D eigenvalue weighted by Gasteiger charge is -2.12. The number of hydrogen-bond acceptors (Lipinski definition) is 7. The second-order valence-electron chi connectivity index (χ2n) is 14.3. The molecule has 0 saturated carbocycles. The van der Waals surface area contributed by atoms with Crippen molar-refractivity contribution in [1.29, 1.82) is 0 Å². The number of carbonyl (C=O) groups is 1. The fraction of sp³-hybridized carbons (Fsp3) is 0.628. The predicted molar refractivity (Wildman–Crippen MR) is 207 cm³/mol. The molecule has 1 fully saturated rings. The maximum atomic E-state index is 12.2. The summed E-state index contributed by atoms with van der Waals surface area (Å²) in [5, 5.41) is 1.26. The van der Waals surface area contributed by atoms with E-state index in [2.05, 4.69) is 54.1 Å². The van der Waals surface area contributed by atoms with Crippen LogP contribution in [0.4, 0.5) is 0 Å². The van der Waals surface area contributed by atoms with Crippen LogP contribution in [-0.4, -0.2) is 44.5 Å². The first-order valence-electron chi connectivity index (χ1n) is 20.1. The first-order valence-corrected chi connectivity index (χ1v) is 21.5. The zero-order valence-electron chi connectivity index (χ0n) is 32.0. The molecule has 4 rings (SSSR count). The molecule has 52 heavy (non-hydrogen) atoms. The summed E-state index contributed by atoms with van der Waals surface area (Å²) in [6.45, 7) is 5.90. The van der Waals surface area contributed by atoms with Crippen LogP contribution in [0.25, 0.3) is 10.9 Å². The molecule has 2 atom stereocenters. The van der Waals surface area contributed by atoms with E-state index in [1.54, 1.807) is 12.1 Å². The number of aromatic nitrogens is 1. The van der Waals surface area contributed by atoms with Gasteiger partial charge in [-0.25, -0.2) is 8.42 Å². The number of rotatable bonds is 25. The quantitative estimate of drug-likeness (QED) is 0.0369. The van der Waals surface area contributed by atoms with Gasteiger partial charge in [-0.05, 0) is 56.9 Å².